The summed E-state index contributed by atoms with van der Waals surface area (Å²) in [5.41, 5.74) is 0.999. The fourth-order valence-electron chi connectivity index (χ4n) is 5.90. The summed E-state index contributed by atoms with van der Waals surface area (Å²) in [6.07, 6.45) is 11.8. The Morgan fingerprint density at radius 2 is 1.82 bits per heavy atom. The Morgan fingerprint density at radius 1 is 1.06 bits per heavy atom. The number of aliphatic hydroxyl groups is 1. The van der Waals surface area contributed by atoms with E-state index < -0.39 is 18.1 Å². The van der Waals surface area contributed by atoms with Crippen LogP contribution in [0.5, 0.6) is 0 Å². The number of nitrogens with zero attached hydrogens (tertiary/aromatic N) is 4. The van der Waals surface area contributed by atoms with Gasteiger partial charge in [0.05, 0.1) is 12.9 Å². The Hall–Kier alpha value is -2.34. The lowest BCUT2D eigenvalue weighted by Crippen LogP contribution is -2.39. The van der Waals surface area contributed by atoms with E-state index in [1.54, 1.807) is 10.9 Å². The third kappa shape index (κ3) is 3.94. The molecule has 184 valence electrons. The number of carbonyl (C=O) groups excluding carboxylic acids is 1. The highest BCUT2D eigenvalue weighted by molar-refractivity contribution is 5.95. The second-order valence-corrected chi connectivity index (χ2v) is 9.86. The Labute approximate surface area is 197 Å². The molecule has 2 saturated carbocycles. The Balaban J connectivity index is 1.23. The molecule has 3 N–H and O–H groups in total. The van der Waals surface area contributed by atoms with Crippen molar-refractivity contribution in [2.45, 2.75) is 101 Å². The van der Waals surface area contributed by atoms with E-state index in [1.807, 2.05) is 0 Å². The Bertz CT molecular complexity index is 1030. The number of anilines is 1. The minimum absolute atomic E-state index is 0.160. The van der Waals surface area contributed by atoms with E-state index in [0.717, 1.165) is 51.4 Å². The predicted molar refractivity (Wildman–Crippen MR) is 121 cm³/mol. The second kappa shape index (κ2) is 9.03. The van der Waals surface area contributed by atoms with Crippen molar-refractivity contribution in [3.05, 3.63) is 12.7 Å². The number of fused-ring (bicyclic) bond motifs is 2. The summed E-state index contributed by atoms with van der Waals surface area (Å²) in [5.74, 6) is -0.254. The van der Waals surface area contributed by atoms with Gasteiger partial charge in [-0.1, -0.05) is 25.7 Å². The van der Waals surface area contributed by atoms with Crippen molar-refractivity contribution in [2.75, 3.05) is 11.9 Å². The van der Waals surface area contributed by atoms with Crippen LogP contribution in [0, 0.1) is 0 Å². The molecule has 6 rings (SSSR count). The smallest absolute Gasteiger partial charge is 0.320 e. The van der Waals surface area contributed by atoms with Gasteiger partial charge in [-0.05, 0) is 25.7 Å². The van der Waals surface area contributed by atoms with Crippen LogP contribution in [0.15, 0.2) is 12.7 Å². The average Bonchev–Trinajstić information content (AvgIpc) is 3.52. The minimum atomic E-state index is -0.599. The SMILES string of the molecule is O=C(Nc1ncnc2c1ncn2[C@@H]1O[C@H](CO)[C@@H]2OC3(CCCCC3)OC21)NC1CCCCC1. The van der Waals surface area contributed by atoms with Gasteiger partial charge in [0.25, 0.3) is 0 Å². The van der Waals surface area contributed by atoms with E-state index in [0.29, 0.717) is 17.0 Å². The molecule has 34 heavy (non-hydrogen) atoms. The van der Waals surface area contributed by atoms with Crippen molar-refractivity contribution >= 4 is 23.0 Å². The van der Waals surface area contributed by atoms with Crippen LogP contribution in [0.3, 0.4) is 0 Å². The lowest BCUT2D eigenvalue weighted by Gasteiger charge is -2.34. The monoisotopic (exact) mass is 472 g/mol. The summed E-state index contributed by atoms with van der Waals surface area (Å²) in [6.45, 7) is -0.160. The van der Waals surface area contributed by atoms with Gasteiger partial charge in [0.15, 0.2) is 29.0 Å². The van der Waals surface area contributed by atoms with Gasteiger partial charge < -0.3 is 24.6 Å². The maximum absolute atomic E-state index is 12.6. The van der Waals surface area contributed by atoms with Crippen LogP contribution < -0.4 is 10.6 Å². The van der Waals surface area contributed by atoms with Gasteiger partial charge in [0.1, 0.15) is 24.6 Å². The number of hydrogen-bond acceptors (Lipinski definition) is 8. The maximum Gasteiger partial charge on any atom is 0.320 e. The zero-order valence-corrected chi connectivity index (χ0v) is 19.2. The van der Waals surface area contributed by atoms with Gasteiger partial charge in [0, 0.05) is 18.9 Å². The third-order valence-corrected chi connectivity index (χ3v) is 7.59. The largest absolute Gasteiger partial charge is 0.394 e. The fourth-order valence-corrected chi connectivity index (χ4v) is 5.90. The molecule has 0 aromatic carbocycles. The molecule has 4 heterocycles. The van der Waals surface area contributed by atoms with Gasteiger partial charge >= 0.3 is 6.03 Å². The standard InChI is InChI=1S/C23H32N6O5/c30-11-15-17-18(34-23(33-17)9-5-2-6-10-23)21(32-15)29-13-26-16-19(24-12-25-20(16)29)28-22(31)27-14-7-3-1-4-8-14/h12-15,17-18,21,30H,1-11H2,(H2,24,25,27,28,31)/t15-,17+,18?,21-/m1/s1. The van der Waals surface area contributed by atoms with Crippen LogP contribution in [0.4, 0.5) is 10.6 Å². The van der Waals surface area contributed by atoms with Crippen molar-refractivity contribution in [1.82, 2.24) is 24.8 Å². The highest BCUT2D eigenvalue weighted by Crippen LogP contribution is 2.48. The molecule has 2 aromatic heterocycles. The highest BCUT2D eigenvalue weighted by atomic mass is 16.8. The summed E-state index contributed by atoms with van der Waals surface area (Å²) in [4.78, 5) is 25.7. The molecule has 4 aliphatic rings. The summed E-state index contributed by atoms with van der Waals surface area (Å²) in [5, 5.41) is 15.8. The zero-order chi connectivity index (χ0) is 23.1. The zero-order valence-electron chi connectivity index (χ0n) is 19.2. The maximum atomic E-state index is 12.6. The lowest BCUT2D eigenvalue weighted by molar-refractivity contribution is -0.232. The first-order chi connectivity index (χ1) is 16.7. The number of rotatable bonds is 4. The molecular weight excluding hydrogens is 440 g/mol. The molecule has 2 aromatic rings. The number of urea groups is 1. The van der Waals surface area contributed by atoms with E-state index in [4.69, 9.17) is 14.2 Å². The van der Waals surface area contributed by atoms with Crippen molar-refractivity contribution in [1.29, 1.82) is 0 Å². The van der Waals surface area contributed by atoms with Crippen molar-refractivity contribution in [3.8, 4) is 0 Å². The topological polar surface area (TPSA) is 133 Å². The van der Waals surface area contributed by atoms with Crippen LogP contribution in [0.1, 0.15) is 70.4 Å². The van der Waals surface area contributed by atoms with E-state index in [9.17, 15) is 9.90 Å². The average molecular weight is 473 g/mol. The molecule has 2 aliphatic carbocycles. The molecule has 11 nitrogen and oxygen atoms in total. The molecule has 0 radical (unpaired) electrons. The first kappa shape index (κ1) is 22.1. The number of aromatic nitrogens is 4. The first-order valence-electron chi connectivity index (χ1n) is 12.5. The molecule has 2 saturated heterocycles. The molecular formula is C23H32N6O5. The number of ether oxygens (including phenoxy) is 3. The Kier molecular flexibility index (Phi) is 5.88. The number of imidazole rings is 1. The molecule has 4 atom stereocenters. The number of nitrogens with one attached hydrogen (secondary N) is 2. The Morgan fingerprint density at radius 3 is 2.62 bits per heavy atom. The van der Waals surface area contributed by atoms with Gasteiger partial charge in [-0.3, -0.25) is 9.88 Å². The molecule has 2 amide bonds. The number of amides is 2. The van der Waals surface area contributed by atoms with Crippen LogP contribution in [0.2, 0.25) is 0 Å². The van der Waals surface area contributed by atoms with Crippen LogP contribution in [-0.2, 0) is 14.2 Å². The summed E-state index contributed by atoms with van der Waals surface area (Å²) >= 11 is 0. The van der Waals surface area contributed by atoms with E-state index in [2.05, 4.69) is 25.6 Å². The van der Waals surface area contributed by atoms with Gasteiger partial charge in [-0.25, -0.2) is 19.7 Å². The number of carbonyl (C=O) groups is 1. The van der Waals surface area contributed by atoms with Crippen molar-refractivity contribution < 1.29 is 24.1 Å². The minimum Gasteiger partial charge on any atom is -0.394 e. The second-order valence-electron chi connectivity index (χ2n) is 9.86. The summed E-state index contributed by atoms with van der Waals surface area (Å²) in [7, 11) is 0. The number of hydrogen-bond donors (Lipinski definition) is 3. The highest BCUT2D eigenvalue weighted by Gasteiger charge is 2.58. The predicted octanol–water partition coefficient (Wildman–Crippen LogP) is 2.61. The molecule has 0 bridgehead atoms. The van der Waals surface area contributed by atoms with Crippen LogP contribution in [0.25, 0.3) is 11.2 Å². The van der Waals surface area contributed by atoms with Crippen LogP contribution >= 0.6 is 0 Å². The molecule has 1 unspecified atom stereocenters. The van der Waals surface area contributed by atoms with Gasteiger partial charge in [-0.15, -0.1) is 0 Å². The third-order valence-electron chi connectivity index (χ3n) is 7.59. The number of aliphatic hydroxyl groups excluding tert-OH is 1. The van der Waals surface area contributed by atoms with E-state index in [1.165, 1.54) is 19.2 Å². The summed E-state index contributed by atoms with van der Waals surface area (Å²) in [6, 6.07) is -0.0970. The normalized spacial score (nSPS) is 31.1. The molecule has 4 fully saturated rings. The van der Waals surface area contributed by atoms with E-state index in [-0.39, 0.29) is 30.9 Å². The van der Waals surface area contributed by atoms with Gasteiger partial charge in [0.2, 0.25) is 0 Å². The van der Waals surface area contributed by atoms with Gasteiger partial charge in [-0.2, -0.15) is 0 Å². The quantitative estimate of drug-likeness (QED) is 0.619. The fraction of sp³-hybridized carbons (Fsp3) is 0.739. The first-order valence-corrected chi connectivity index (χ1v) is 12.5. The van der Waals surface area contributed by atoms with Crippen molar-refractivity contribution in [2.24, 2.45) is 0 Å². The van der Waals surface area contributed by atoms with Crippen molar-refractivity contribution in [3.63, 3.8) is 0 Å². The molecule has 11 heteroatoms. The lowest BCUT2D eigenvalue weighted by atomic mass is 9.94. The summed E-state index contributed by atoms with van der Waals surface area (Å²) < 4.78 is 20.8. The van der Waals surface area contributed by atoms with E-state index >= 15 is 0 Å². The molecule has 2 aliphatic heterocycles. The molecule has 1 spiro atoms. The van der Waals surface area contributed by atoms with Crippen LogP contribution in [-0.4, -0.2) is 67.4 Å².